The maximum absolute atomic E-state index is 6.75. The molecule has 0 radical (unpaired) electrons. The number of nitrogens with zero attached hydrogens (tertiary/aromatic N) is 6. The summed E-state index contributed by atoms with van der Waals surface area (Å²) in [6, 6.07) is 20.0. The quantitative estimate of drug-likeness (QED) is 0.218. The molecule has 2 aromatic carbocycles. The van der Waals surface area contributed by atoms with E-state index in [1.807, 2.05) is 60.7 Å². The Balaban J connectivity index is -0.000000157. The first kappa shape index (κ1) is 20.4. The molecule has 6 nitrogen and oxygen atoms in total. The molecular weight excluding hydrogens is 252 g/mol. The van der Waals surface area contributed by atoms with E-state index >= 15 is 0 Å². The van der Waals surface area contributed by atoms with Crippen LogP contribution in [0.5, 0.6) is 0 Å². The second-order valence-electron chi connectivity index (χ2n) is 2.10. The van der Waals surface area contributed by atoms with E-state index in [2.05, 4.69) is 0 Å². The molecule has 0 aromatic heterocycles. The van der Waals surface area contributed by atoms with E-state index in [1.54, 1.807) is 0 Å². The fraction of sp³-hybridized carbons (Fsp3) is 0. The van der Waals surface area contributed by atoms with Gasteiger partial charge in [-0.05, 0) is 0 Å². The molecule has 0 fully saturated rings. The van der Waals surface area contributed by atoms with Gasteiger partial charge in [-0.1, -0.05) is 0 Å². The van der Waals surface area contributed by atoms with Gasteiger partial charge in [0.15, 0.2) is 0 Å². The van der Waals surface area contributed by atoms with Crippen molar-refractivity contribution in [3.05, 3.63) is 92.6 Å². The Morgan fingerprint density at radius 2 is 0.765 bits per heavy atom. The molecule has 0 aliphatic carbocycles. The summed E-state index contributed by atoms with van der Waals surface area (Å²) >= 11 is 0. The van der Waals surface area contributed by atoms with Crippen LogP contribution in [-0.4, -0.2) is 0 Å². The van der Waals surface area contributed by atoms with Crippen LogP contribution < -0.4 is 0 Å². The zero-order valence-electron chi connectivity index (χ0n) is 8.96. The molecule has 7 heteroatoms. The molecule has 0 N–H and O–H groups in total. The zero-order valence-corrected chi connectivity index (χ0v) is 10.5. The predicted molar refractivity (Wildman–Crippen MR) is 64.2 cm³/mol. The molecule has 2 aromatic rings. The van der Waals surface area contributed by atoms with Gasteiger partial charge >= 0.3 is 0 Å². The molecule has 0 aliphatic rings. The summed E-state index contributed by atoms with van der Waals surface area (Å²) in [6.07, 6.45) is 0. The van der Waals surface area contributed by atoms with Gasteiger partial charge in [-0.25, -0.2) is 24.3 Å². The van der Waals surface area contributed by atoms with Crippen LogP contribution >= 0.6 is 0 Å². The monoisotopic (exact) mass is 262 g/mol. The summed E-state index contributed by atoms with van der Waals surface area (Å²) in [7, 11) is 0. The molecule has 0 atom stereocenters. The van der Waals surface area contributed by atoms with Crippen molar-refractivity contribution in [2.45, 2.75) is 0 Å². The Labute approximate surface area is 114 Å². The fourth-order valence-corrected chi connectivity index (χ4v) is 0.642. The topological polar surface area (TPSA) is 117 Å². The Kier molecular flexibility index (Phi) is 28.5. The summed E-state index contributed by atoms with van der Waals surface area (Å²) in [5, 5.41) is 0. The molecule has 0 heterocycles. The second-order valence-corrected chi connectivity index (χ2v) is 2.10. The standard InChI is InChI=1S/2C5H5.2N3.Ti/c2*1-2-4-5-3-1;2*1-3-2;/h2*1-5H;;;/q4*-1;. The first-order valence-corrected chi connectivity index (χ1v) is 4.13. The van der Waals surface area contributed by atoms with Crippen molar-refractivity contribution in [2.24, 2.45) is 0 Å². The minimum atomic E-state index is 0. The molecule has 2 rings (SSSR count). The number of hydrogen-bond acceptors (Lipinski definition) is 0. The second kappa shape index (κ2) is 23.7. The van der Waals surface area contributed by atoms with Crippen molar-refractivity contribution in [1.82, 2.24) is 0 Å². The van der Waals surface area contributed by atoms with E-state index in [0.29, 0.717) is 0 Å². The normalized spacial score (nSPS) is 5.65. The van der Waals surface area contributed by atoms with Crippen molar-refractivity contribution in [1.29, 1.82) is 0 Å². The average Bonchev–Trinajstić information content (AvgIpc) is 3.00. The van der Waals surface area contributed by atoms with Crippen LogP contribution in [0.3, 0.4) is 0 Å². The summed E-state index contributed by atoms with van der Waals surface area (Å²) in [5.41, 5.74) is 27.0. The van der Waals surface area contributed by atoms with Gasteiger partial charge in [0.2, 0.25) is 0 Å². The van der Waals surface area contributed by atoms with Gasteiger partial charge < -0.3 is 22.1 Å². The molecule has 17 heavy (non-hydrogen) atoms. The van der Waals surface area contributed by atoms with Gasteiger partial charge in [0.25, 0.3) is 0 Å². The van der Waals surface area contributed by atoms with Crippen LogP contribution in [0.2, 0.25) is 0 Å². The van der Waals surface area contributed by atoms with E-state index in [1.165, 1.54) is 9.82 Å². The summed E-state index contributed by atoms with van der Waals surface area (Å²) in [5.74, 6) is 0. The van der Waals surface area contributed by atoms with Crippen molar-refractivity contribution in [3.63, 3.8) is 0 Å². The molecule has 0 amide bonds. The van der Waals surface area contributed by atoms with Crippen LogP contribution in [0.4, 0.5) is 0 Å². The third kappa shape index (κ3) is 31.5. The maximum Gasteiger partial charge on any atom is 0 e. The van der Waals surface area contributed by atoms with Crippen molar-refractivity contribution >= 4 is 0 Å². The summed E-state index contributed by atoms with van der Waals surface area (Å²) < 4.78 is 0. The van der Waals surface area contributed by atoms with Crippen molar-refractivity contribution in [3.8, 4) is 0 Å². The molecule has 0 aliphatic heterocycles. The minimum Gasteiger partial charge on any atom is -0.373 e. The Morgan fingerprint density at radius 1 is 0.588 bits per heavy atom. The predicted octanol–water partition coefficient (Wildman–Crippen LogP) is 4.54. The average molecular weight is 262 g/mol. The number of rotatable bonds is 0. The fourth-order valence-electron chi connectivity index (χ4n) is 0.642. The molecule has 0 bridgehead atoms. The van der Waals surface area contributed by atoms with E-state index in [0.717, 1.165) is 0 Å². The Bertz CT molecular complexity index is 283. The van der Waals surface area contributed by atoms with Crippen LogP contribution in [-0.2, 0) is 21.7 Å². The van der Waals surface area contributed by atoms with Crippen LogP contribution in [0, 0.1) is 0 Å². The van der Waals surface area contributed by atoms with Crippen LogP contribution in [0.15, 0.2) is 60.7 Å². The SMILES string of the molecule is [N-]=[N+]=[N-].[N-]=[N+]=[N-].[Ti].c1cc[cH-]c1.c1cc[cH-]c1. The summed E-state index contributed by atoms with van der Waals surface area (Å²) in [6.45, 7) is 0. The zero-order chi connectivity index (χ0) is 12.5. The van der Waals surface area contributed by atoms with Gasteiger partial charge in [-0.3, -0.25) is 9.82 Å². The van der Waals surface area contributed by atoms with E-state index in [9.17, 15) is 0 Å². The van der Waals surface area contributed by atoms with Gasteiger partial charge in [0, 0.05) is 21.7 Å². The Morgan fingerprint density at radius 3 is 0.824 bits per heavy atom. The van der Waals surface area contributed by atoms with Gasteiger partial charge in [0.1, 0.15) is 0 Å². The molecular formula is C10H10N6Ti-4. The first-order valence-electron chi connectivity index (χ1n) is 4.13. The molecule has 0 unspecified atom stereocenters. The molecule has 0 spiro atoms. The largest absolute Gasteiger partial charge is 0.373 e. The minimum absolute atomic E-state index is 0. The van der Waals surface area contributed by atoms with Crippen molar-refractivity contribution in [2.75, 3.05) is 0 Å². The molecule has 0 saturated heterocycles. The van der Waals surface area contributed by atoms with E-state index in [-0.39, 0.29) is 21.7 Å². The van der Waals surface area contributed by atoms with Crippen LogP contribution in [0.25, 0.3) is 31.9 Å². The first-order chi connectivity index (χ1) is 7.83. The summed E-state index contributed by atoms with van der Waals surface area (Å²) in [4.78, 5) is 3.00. The number of hydrogen-bond donors (Lipinski definition) is 0. The van der Waals surface area contributed by atoms with Gasteiger partial charge in [-0.2, -0.15) is 36.4 Å². The smallest absolute Gasteiger partial charge is 0 e. The van der Waals surface area contributed by atoms with E-state index in [4.69, 9.17) is 22.1 Å². The van der Waals surface area contributed by atoms with Crippen LogP contribution in [0.1, 0.15) is 0 Å². The molecule has 0 saturated carbocycles. The molecule has 88 valence electrons. The maximum atomic E-state index is 6.75. The third-order valence-electron chi connectivity index (χ3n) is 1.11. The van der Waals surface area contributed by atoms with Gasteiger partial charge in [0.05, 0.1) is 0 Å². The van der Waals surface area contributed by atoms with E-state index < -0.39 is 0 Å². The van der Waals surface area contributed by atoms with Gasteiger partial charge in [-0.15, -0.1) is 0 Å². The Hall–Kier alpha value is -1.97. The third-order valence-corrected chi connectivity index (χ3v) is 1.11. The van der Waals surface area contributed by atoms with Crippen molar-refractivity contribution < 1.29 is 21.7 Å².